The second-order valence-electron chi connectivity index (χ2n) is 13.0. The topological polar surface area (TPSA) is 32.8 Å². The van der Waals surface area contributed by atoms with Gasteiger partial charge in [0, 0.05) is 11.8 Å². The zero-order chi connectivity index (χ0) is 21.5. The predicted molar refractivity (Wildman–Crippen MR) is 123 cm³/mol. The lowest BCUT2D eigenvalue weighted by Gasteiger charge is -2.59. The largest absolute Gasteiger partial charge is 0.393 e. The molecule has 0 aromatic carbocycles. The molecular formula is C28H46O2. The molecule has 11 unspecified atom stereocenters. The van der Waals surface area contributed by atoms with Crippen molar-refractivity contribution in [3.05, 3.63) is 12.2 Å². The zero-order valence-electron chi connectivity index (χ0n) is 20.4. The van der Waals surface area contributed by atoms with Crippen molar-refractivity contribution >= 4 is 0 Å². The summed E-state index contributed by atoms with van der Waals surface area (Å²) in [5.74, 6) is 5.48. The van der Waals surface area contributed by atoms with Crippen LogP contribution in [-0.2, 0) is 4.74 Å². The molecule has 2 nitrogen and oxygen atoms in total. The molecule has 1 spiro atoms. The van der Waals surface area contributed by atoms with E-state index in [4.69, 9.17) is 4.74 Å². The molecule has 11 atom stereocenters. The smallest absolute Gasteiger partial charge is 0.103 e. The fourth-order valence-corrected chi connectivity index (χ4v) is 9.27. The van der Waals surface area contributed by atoms with Crippen molar-refractivity contribution in [2.45, 2.75) is 111 Å². The molecule has 4 saturated carbocycles. The molecule has 4 aliphatic carbocycles. The Bertz CT molecular complexity index is 699. The van der Waals surface area contributed by atoms with Gasteiger partial charge in [0.05, 0.1) is 12.2 Å². The average Bonchev–Trinajstić information content (AvgIpc) is 3.27. The molecule has 0 radical (unpaired) electrons. The van der Waals surface area contributed by atoms with Crippen LogP contribution in [0.25, 0.3) is 0 Å². The molecule has 5 rings (SSSR count). The van der Waals surface area contributed by atoms with Gasteiger partial charge >= 0.3 is 0 Å². The number of hydrogen-bond donors (Lipinski definition) is 1. The number of aliphatic hydroxyl groups excluding tert-OH is 1. The molecule has 1 N–H and O–H groups in total. The third kappa shape index (κ3) is 2.88. The lowest BCUT2D eigenvalue weighted by molar-refractivity contribution is -0.115. The highest BCUT2D eigenvalue weighted by Gasteiger charge is 2.76. The maximum atomic E-state index is 10.4. The van der Waals surface area contributed by atoms with Crippen LogP contribution in [0.5, 0.6) is 0 Å². The van der Waals surface area contributed by atoms with Crippen molar-refractivity contribution in [2.75, 3.05) is 0 Å². The van der Waals surface area contributed by atoms with Gasteiger partial charge < -0.3 is 9.84 Å². The number of allylic oxidation sites excluding steroid dienone is 2. The number of ether oxygens (including phenoxy) is 1. The van der Waals surface area contributed by atoms with E-state index in [1.807, 2.05) is 0 Å². The van der Waals surface area contributed by atoms with Crippen LogP contribution in [-0.4, -0.2) is 22.9 Å². The minimum atomic E-state index is -0.134. The molecule has 0 aromatic rings. The van der Waals surface area contributed by atoms with Gasteiger partial charge in [-0.15, -0.1) is 0 Å². The van der Waals surface area contributed by atoms with Gasteiger partial charge in [0.25, 0.3) is 0 Å². The van der Waals surface area contributed by atoms with Crippen LogP contribution in [0.3, 0.4) is 0 Å². The lowest BCUT2D eigenvalue weighted by atomic mass is 9.44. The van der Waals surface area contributed by atoms with Crippen LogP contribution in [0.15, 0.2) is 12.2 Å². The second kappa shape index (κ2) is 7.08. The quantitative estimate of drug-likeness (QED) is 0.414. The highest BCUT2D eigenvalue weighted by Crippen LogP contribution is 2.74. The Morgan fingerprint density at radius 3 is 2.43 bits per heavy atom. The highest BCUT2D eigenvalue weighted by molar-refractivity contribution is 5.24. The maximum absolute atomic E-state index is 10.4. The van der Waals surface area contributed by atoms with Crippen LogP contribution in [0.2, 0.25) is 0 Å². The van der Waals surface area contributed by atoms with E-state index < -0.39 is 0 Å². The minimum Gasteiger partial charge on any atom is -0.393 e. The first-order chi connectivity index (χ1) is 14.1. The minimum absolute atomic E-state index is 0.0284. The number of rotatable bonds is 4. The fraction of sp³-hybridized carbons (Fsp3) is 0.929. The van der Waals surface area contributed by atoms with Crippen molar-refractivity contribution in [3.8, 4) is 0 Å². The van der Waals surface area contributed by atoms with Gasteiger partial charge in [0.2, 0.25) is 0 Å². The van der Waals surface area contributed by atoms with Crippen molar-refractivity contribution in [2.24, 2.45) is 52.3 Å². The van der Waals surface area contributed by atoms with Crippen LogP contribution in [0, 0.1) is 52.3 Å². The predicted octanol–water partition coefficient (Wildman–Crippen LogP) is 6.62. The molecule has 1 saturated heterocycles. The summed E-state index contributed by atoms with van der Waals surface area (Å²) in [7, 11) is 0. The van der Waals surface area contributed by atoms with Gasteiger partial charge in [0.1, 0.15) is 5.60 Å². The van der Waals surface area contributed by atoms with Crippen molar-refractivity contribution < 1.29 is 9.84 Å². The average molecular weight is 415 g/mol. The van der Waals surface area contributed by atoms with Crippen LogP contribution in [0.4, 0.5) is 0 Å². The maximum Gasteiger partial charge on any atom is 0.103 e. The summed E-state index contributed by atoms with van der Waals surface area (Å²) in [5.41, 5.74) is 0.837. The standard InChI is InChI=1S/C28H46O2/c1-17(2)18(3)7-8-19(4)22-9-10-23-21-15-25-28(30-25)16-20(29)11-14-27(28,6)24(21)12-13-26(22,23)5/h7-8,17-25,29H,9-16H2,1-6H3. The normalized spacial score (nSPS) is 54.3. The van der Waals surface area contributed by atoms with Crippen molar-refractivity contribution in [3.63, 3.8) is 0 Å². The number of epoxide rings is 1. The monoisotopic (exact) mass is 414 g/mol. The summed E-state index contributed by atoms with van der Waals surface area (Å²) in [6.45, 7) is 14.7. The molecule has 170 valence electrons. The lowest BCUT2D eigenvalue weighted by Crippen LogP contribution is -2.58. The van der Waals surface area contributed by atoms with E-state index >= 15 is 0 Å². The summed E-state index contributed by atoms with van der Waals surface area (Å²) in [4.78, 5) is 0. The van der Waals surface area contributed by atoms with E-state index in [1.165, 1.54) is 38.5 Å². The molecule has 1 aliphatic heterocycles. The first kappa shape index (κ1) is 21.5. The molecule has 5 fully saturated rings. The first-order valence-corrected chi connectivity index (χ1v) is 13.2. The van der Waals surface area contributed by atoms with Crippen LogP contribution < -0.4 is 0 Å². The van der Waals surface area contributed by atoms with Crippen molar-refractivity contribution in [1.82, 2.24) is 0 Å². The molecule has 5 aliphatic rings. The first-order valence-electron chi connectivity index (χ1n) is 13.2. The molecule has 30 heavy (non-hydrogen) atoms. The van der Waals surface area contributed by atoms with E-state index in [0.717, 1.165) is 42.4 Å². The summed E-state index contributed by atoms with van der Waals surface area (Å²) in [6.07, 6.45) is 15.3. The molecule has 0 amide bonds. The number of fused-ring (bicyclic) bond motifs is 4. The van der Waals surface area contributed by atoms with E-state index in [-0.39, 0.29) is 11.7 Å². The van der Waals surface area contributed by atoms with Gasteiger partial charge in [-0.1, -0.05) is 53.7 Å². The van der Waals surface area contributed by atoms with Crippen LogP contribution in [0.1, 0.15) is 92.9 Å². The van der Waals surface area contributed by atoms with E-state index in [2.05, 4.69) is 53.7 Å². The fourth-order valence-electron chi connectivity index (χ4n) is 9.27. The summed E-state index contributed by atoms with van der Waals surface area (Å²) >= 11 is 0. The Morgan fingerprint density at radius 1 is 0.933 bits per heavy atom. The van der Waals surface area contributed by atoms with Crippen LogP contribution >= 0.6 is 0 Å². The molecule has 1 heterocycles. The number of hydrogen-bond acceptors (Lipinski definition) is 2. The third-order valence-corrected chi connectivity index (χ3v) is 11.5. The van der Waals surface area contributed by atoms with E-state index in [0.29, 0.717) is 28.8 Å². The SMILES string of the molecule is CC(C)C(C)C=CC(C)C1CCC2C3CC4OC45CC(O)CCC5(C)C3CCC12C. The Morgan fingerprint density at radius 2 is 1.70 bits per heavy atom. The molecule has 2 heteroatoms. The third-order valence-electron chi connectivity index (χ3n) is 11.5. The van der Waals surface area contributed by atoms with Gasteiger partial charge in [-0.25, -0.2) is 0 Å². The Labute approximate surface area is 185 Å². The van der Waals surface area contributed by atoms with Gasteiger partial charge in [-0.3, -0.25) is 0 Å². The van der Waals surface area contributed by atoms with Gasteiger partial charge in [-0.05, 0) is 91.8 Å². The summed E-state index contributed by atoms with van der Waals surface area (Å²) in [6, 6.07) is 0. The second-order valence-corrected chi connectivity index (χ2v) is 13.0. The highest BCUT2D eigenvalue weighted by atomic mass is 16.6. The summed E-state index contributed by atoms with van der Waals surface area (Å²) < 4.78 is 6.51. The van der Waals surface area contributed by atoms with E-state index in [1.54, 1.807) is 0 Å². The van der Waals surface area contributed by atoms with Gasteiger partial charge in [-0.2, -0.15) is 0 Å². The Balaban J connectivity index is 1.36. The summed E-state index contributed by atoms with van der Waals surface area (Å²) in [5, 5.41) is 10.4. The Kier molecular flexibility index (Phi) is 5.07. The molecule has 0 bridgehead atoms. The van der Waals surface area contributed by atoms with Crippen molar-refractivity contribution in [1.29, 1.82) is 0 Å². The van der Waals surface area contributed by atoms with E-state index in [9.17, 15) is 5.11 Å². The van der Waals surface area contributed by atoms with Gasteiger partial charge in [0.15, 0.2) is 0 Å². The Hall–Kier alpha value is -0.340. The molecular weight excluding hydrogens is 368 g/mol. The zero-order valence-corrected chi connectivity index (χ0v) is 20.4. The molecule has 0 aromatic heterocycles. The number of aliphatic hydroxyl groups is 1.